The van der Waals surface area contributed by atoms with Crippen LogP contribution in [-0.4, -0.2) is 33.2 Å². The number of urea groups is 1. The van der Waals surface area contributed by atoms with E-state index in [1.807, 2.05) is 14.1 Å². The van der Waals surface area contributed by atoms with Gasteiger partial charge in [0.05, 0.1) is 32.7 Å². The number of rotatable bonds is 4. The molecule has 0 spiro atoms. The average Bonchev–Trinajstić information content (AvgIpc) is 2.88. The number of amides is 2. The maximum absolute atomic E-state index is 11.8. The van der Waals surface area contributed by atoms with Crippen molar-refractivity contribution in [3.63, 3.8) is 0 Å². The van der Waals surface area contributed by atoms with Crippen LogP contribution in [0.4, 0.5) is 9.80 Å². The lowest BCUT2D eigenvalue weighted by atomic mass is 10.1. The lowest BCUT2D eigenvalue weighted by molar-refractivity contribution is -0.856. The van der Waals surface area contributed by atoms with E-state index in [0.29, 0.717) is 17.1 Å². The van der Waals surface area contributed by atoms with Crippen LogP contribution in [0.25, 0.3) is 0 Å². The number of nitrogens with zero attached hydrogens (tertiary/aromatic N) is 1. The summed E-state index contributed by atoms with van der Waals surface area (Å²) in [6, 6.07) is 2.00. The van der Waals surface area contributed by atoms with Gasteiger partial charge in [0, 0.05) is 4.88 Å². The highest BCUT2D eigenvalue weighted by Crippen LogP contribution is 2.38. The number of aryl methyl sites for hydroxylation is 1. The molecule has 1 heterocycles. The third-order valence-electron chi connectivity index (χ3n) is 3.17. The number of thiophene rings is 1. The first-order chi connectivity index (χ1) is 9.11. The molecule has 0 aromatic carbocycles. The topological polar surface area (TPSA) is 69.4 Å². The van der Waals surface area contributed by atoms with E-state index in [2.05, 4.69) is 16.7 Å². The summed E-state index contributed by atoms with van der Waals surface area (Å²) in [7, 11) is 4.08. The van der Waals surface area contributed by atoms with Gasteiger partial charge in [-0.05, 0) is 24.8 Å². The standard InChI is InChI=1S/C13H18N4OS/c1-17(2)7-6-15-13(18)16-12-10(8-14)9-4-3-5-11(9)19-12/h3-7H2,1-2H3,(H2,15,16,18)/p+1. The summed E-state index contributed by atoms with van der Waals surface area (Å²) in [5.41, 5.74) is 1.80. The summed E-state index contributed by atoms with van der Waals surface area (Å²) in [6.45, 7) is 1.50. The summed E-state index contributed by atoms with van der Waals surface area (Å²) < 4.78 is 0. The Morgan fingerprint density at radius 3 is 2.95 bits per heavy atom. The molecule has 0 saturated carbocycles. The molecule has 0 bridgehead atoms. The van der Waals surface area contributed by atoms with Crippen molar-refractivity contribution in [2.75, 3.05) is 32.5 Å². The fourth-order valence-electron chi connectivity index (χ4n) is 2.18. The van der Waals surface area contributed by atoms with E-state index in [1.165, 1.54) is 9.78 Å². The maximum Gasteiger partial charge on any atom is 0.320 e. The molecule has 0 radical (unpaired) electrons. The van der Waals surface area contributed by atoms with Crippen molar-refractivity contribution in [2.45, 2.75) is 19.3 Å². The largest absolute Gasteiger partial charge is 0.338 e. The highest BCUT2D eigenvalue weighted by atomic mass is 32.1. The summed E-state index contributed by atoms with van der Waals surface area (Å²) in [4.78, 5) is 14.3. The van der Waals surface area contributed by atoms with Gasteiger partial charge in [0.25, 0.3) is 0 Å². The van der Waals surface area contributed by atoms with Gasteiger partial charge >= 0.3 is 6.03 Å². The first-order valence-electron chi connectivity index (χ1n) is 6.50. The van der Waals surface area contributed by atoms with Crippen molar-refractivity contribution in [2.24, 2.45) is 0 Å². The molecular formula is C13H19N4OS+. The Morgan fingerprint density at radius 1 is 1.47 bits per heavy atom. The Morgan fingerprint density at radius 2 is 2.26 bits per heavy atom. The van der Waals surface area contributed by atoms with Gasteiger partial charge in [-0.3, -0.25) is 5.32 Å². The average molecular weight is 279 g/mol. The first-order valence-corrected chi connectivity index (χ1v) is 7.32. The van der Waals surface area contributed by atoms with Gasteiger partial charge in [-0.15, -0.1) is 11.3 Å². The molecule has 5 nitrogen and oxygen atoms in total. The number of fused-ring (bicyclic) bond motifs is 1. The molecule has 1 aliphatic rings. The number of hydrogen-bond acceptors (Lipinski definition) is 3. The van der Waals surface area contributed by atoms with Crippen molar-refractivity contribution in [1.29, 1.82) is 5.26 Å². The van der Waals surface area contributed by atoms with Crippen LogP contribution in [0.1, 0.15) is 22.4 Å². The normalized spacial score (nSPS) is 13.2. The number of likely N-dealkylation sites (N-methyl/N-ethyl adjacent to an activating group) is 1. The molecule has 0 atom stereocenters. The summed E-state index contributed by atoms with van der Waals surface area (Å²) in [5.74, 6) is 0. The second-order valence-corrected chi connectivity index (χ2v) is 6.12. The fraction of sp³-hybridized carbons (Fsp3) is 0.538. The second kappa shape index (κ2) is 6.04. The number of carbonyl (C=O) groups is 1. The lowest BCUT2D eigenvalue weighted by Crippen LogP contribution is -3.06. The predicted octanol–water partition coefficient (Wildman–Crippen LogP) is 0.374. The van der Waals surface area contributed by atoms with E-state index in [-0.39, 0.29) is 6.03 Å². The molecule has 1 aliphatic carbocycles. The van der Waals surface area contributed by atoms with Crippen LogP contribution in [0.2, 0.25) is 0 Å². The van der Waals surface area contributed by atoms with Crippen LogP contribution in [0, 0.1) is 11.3 Å². The Hall–Kier alpha value is -1.58. The van der Waals surface area contributed by atoms with Gasteiger partial charge in [-0.25, -0.2) is 4.79 Å². The Balaban J connectivity index is 1.96. The fourth-order valence-corrected chi connectivity index (χ4v) is 3.42. The monoisotopic (exact) mass is 279 g/mol. The Kier molecular flexibility index (Phi) is 4.40. The van der Waals surface area contributed by atoms with E-state index in [1.54, 1.807) is 11.3 Å². The number of quaternary nitrogens is 1. The van der Waals surface area contributed by atoms with Gasteiger partial charge in [-0.1, -0.05) is 0 Å². The van der Waals surface area contributed by atoms with Crippen molar-refractivity contribution in [3.05, 3.63) is 16.0 Å². The third-order valence-corrected chi connectivity index (χ3v) is 4.38. The molecule has 0 aliphatic heterocycles. The number of carbonyl (C=O) groups excluding carboxylic acids is 1. The van der Waals surface area contributed by atoms with Gasteiger partial charge in [0.15, 0.2) is 0 Å². The van der Waals surface area contributed by atoms with E-state index in [4.69, 9.17) is 0 Å². The molecule has 0 unspecified atom stereocenters. The van der Waals surface area contributed by atoms with Gasteiger partial charge in [0.1, 0.15) is 11.1 Å². The zero-order valence-electron chi connectivity index (χ0n) is 11.3. The van der Waals surface area contributed by atoms with E-state index in [9.17, 15) is 10.1 Å². The molecule has 3 N–H and O–H groups in total. The Bertz CT molecular complexity index is 515. The van der Waals surface area contributed by atoms with E-state index in [0.717, 1.165) is 31.4 Å². The quantitative estimate of drug-likeness (QED) is 0.745. The van der Waals surface area contributed by atoms with Crippen LogP contribution in [0.3, 0.4) is 0 Å². The Labute approximate surface area is 117 Å². The van der Waals surface area contributed by atoms with Crippen LogP contribution < -0.4 is 15.5 Å². The van der Waals surface area contributed by atoms with Crippen molar-refractivity contribution in [1.82, 2.24) is 5.32 Å². The van der Waals surface area contributed by atoms with Crippen molar-refractivity contribution < 1.29 is 9.69 Å². The molecular weight excluding hydrogens is 260 g/mol. The number of nitriles is 1. The smallest absolute Gasteiger partial charge is 0.320 e. The zero-order valence-corrected chi connectivity index (χ0v) is 12.1. The van der Waals surface area contributed by atoms with Crippen molar-refractivity contribution in [3.8, 4) is 6.07 Å². The molecule has 19 heavy (non-hydrogen) atoms. The van der Waals surface area contributed by atoms with Gasteiger partial charge in [0.2, 0.25) is 0 Å². The van der Waals surface area contributed by atoms with Crippen LogP contribution >= 0.6 is 11.3 Å². The predicted molar refractivity (Wildman–Crippen MR) is 75.8 cm³/mol. The number of nitrogens with one attached hydrogen (secondary N) is 3. The third kappa shape index (κ3) is 3.25. The highest BCUT2D eigenvalue weighted by Gasteiger charge is 2.22. The second-order valence-electron chi connectivity index (χ2n) is 5.01. The van der Waals surface area contributed by atoms with Crippen LogP contribution in [0.5, 0.6) is 0 Å². The van der Waals surface area contributed by atoms with Gasteiger partial charge in [-0.2, -0.15) is 5.26 Å². The minimum Gasteiger partial charge on any atom is -0.338 e. The van der Waals surface area contributed by atoms with Crippen LogP contribution in [0.15, 0.2) is 0 Å². The van der Waals surface area contributed by atoms with Crippen molar-refractivity contribution >= 4 is 22.4 Å². The summed E-state index contributed by atoms with van der Waals surface area (Å²) in [5, 5.41) is 15.5. The molecule has 0 saturated heterocycles. The maximum atomic E-state index is 11.8. The molecule has 2 rings (SSSR count). The zero-order chi connectivity index (χ0) is 13.8. The molecule has 6 heteroatoms. The minimum atomic E-state index is -0.224. The number of hydrogen-bond donors (Lipinski definition) is 3. The summed E-state index contributed by atoms with van der Waals surface area (Å²) >= 11 is 1.54. The number of anilines is 1. The molecule has 1 aromatic rings. The molecule has 2 amide bonds. The van der Waals surface area contributed by atoms with E-state index >= 15 is 0 Å². The SMILES string of the molecule is C[NH+](C)CCNC(=O)Nc1sc2c(c1C#N)CCC2. The first kappa shape index (κ1) is 13.8. The highest BCUT2D eigenvalue weighted by molar-refractivity contribution is 7.16. The molecule has 0 fully saturated rings. The molecule has 102 valence electrons. The summed E-state index contributed by atoms with van der Waals surface area (Å²) in [6.07, 6.45) is 3.11. The van der Waals surface area contributed by atoms with Gasteiger partial charge < -0.3 is 10.2 Å². The molecule has 1 aromatic heterocycles. The minimum absolute atomic E-state index is 0.224. The van der Waals surface area contributed by atoms with E-state index < -0.39 is 0 Å². The van der Waals surface area contributed by atoms with Crippen LogP contribution in [-0.2, 0) is 12.8 Å². The lowest BCUT2D eigenvalue weighted by Gasteiger charge is -2.09.